The van der Waals surface area contributed by atoms with E-state index in [0.717, 1.165) is 12.8 Å². The molecule has 2 amide bonds. The summed E-state index contributed by atoms with van der Waals surface area (Å²) in [5.41, 5.74) is 6.11. The Morgan fingerprint density at radius 2 is 1.74 bits per heavy atom. The highest BCUT2D eigenvalue weighted by atomic mass is 16.2. The van der Waals surface area contributed by atoms with Crippen molar-refractivity contribution in [1.82, 2.24) is 4.90 Å². The summed E-state index contributed by atoms with van der Waals surface area (Å²) in [4.78, 5) is 25.5. The third kappa shape index (κ3) is 2.48. The number of hydrogen-bond donors (Lipinski definition) is 1. The average molecular weight is 260 g/mol. The maximum Gasteiger partial charge on any atom is 0.254 e. The molecule has 1 saturated heterocycles. The molecule has 1 aliphatic rings. The van der Waals surface area contributed by atoms with Crippen LogP contribution in [0.4, 0.5) is 0 Å². The van der Waals surface area contributed by atoms with Crippen LogP contribution in [0.5, 0.6) is 0 Å². The molecule has 1 aromatic rings. The molecule has 2 rings (SSSR count). The van der Waals surface area contributed by atoms with Crippen molar-refractivity contribution in [2.24, 2.45) is 5.73 Å². The maximum atomic E-state index is 12.6. The topological polar surface area (TPSA) is 63.4 Å². The zero-order valence-corrected chi connectivity index (χ0v) is 11.6. The van der Waals surface area contributed by atoms with E-state index < -0.39 is 5.91 Å². The summed E-state index contributed by atoms with van der Waals surface area (Å²) in [6, 6.07) is 6.79. The van der Waals surface area contributed by atoms with E-state index in [4.69, 9.17) is 5.73 Å². The van der Waals surface area contributed by atoms with Crippen LogP contribution < -0.4 is 5.73 Å². The van der Waals surface area contributed by atoms with Gasteiger partial charge in [-0.05, 0) is 57.9 Å². The summed E-state index contributed by atoms with van der Waals surface area (Å²) in [7, 11) is 0. The first kappa shape index (κ1) is 13.6. The second-order valence-electron chi connectivity index (χ2n) is 5.82. The molecule has 0 aliphatic carbocycles. The molecule has 2 N–H and O–H groups in total. The second kappa shape index (κ2) is 4.68. The number of carbonyl (C=O) groups excluding carboxylic acids is 2. The fourth-order valence-electron chi connectivity index (χ4n) is 2.80. The number of hydrogen-bond acceptors (Lipinski definition) is 2. The molecule has 0 radical (unpaired) electrons. The van der Waals surface area contributed by atoms with E-state index in [1.54, 1.807) is 24.3 Å². The van der Waals surface area contributed by atoms with Gasteiger partial charge in [0.1, 0.15) is 0 Å². The van der Waals surface area contributed by atoms with Gasteiger partial charge in [0, 0.05) is 22.7 Å². The SMILES string of the molecule is CC1CCC(C)(C)N1C(=O)c1ccc(C(N)=O)cc1. The Labute approximate surface area is 113 Å². The lowest BCUT2D eigenvalue weighted by Crippen LogP contribution is -2.46. The minimum atomic E-state index is -0.478. The lowest BCUT2D eigenvalue weighted by Gasteiger charge is -2.34. The van der Waals surface area contributed by atoms with Gasteiger partial charge in [0.15, 0.2) is 0 Å². The molecule has 4 heteroatoms. The fraction of sp³-hybridized carbons (Fsp3) is 0.467. The van der Waals surface area contributed by atoms with Gasteiger partial charge in [0.05, 0.1) is 0 Å². The molecule has 0 spiro atoms. The summed E-state index contributed by atoms with van der Waals surface area (Å²) < 4.78 is 0. The van der Waals surface area contributed by atoms with E-state index in [-0.39, 0.29) is 17.5 Å². The van der Waals surface area contributed by atoms with Crippen LogP contribution in [0.25, 0.3) is 0 Å². The van der Waals surface area contributed by atoms with Crippen molar-refractivity contribution in [3.63, 3.8) is 0 Å². The molecule has 1 aliphatic heterocycles. The summed E-state index contributed by atoms with van der Waals surface area (Å²) in [5.74, 6) is -0.458. The van der Waals surface area contributed by atoms with Crippen molar-refractivity contribution in [1.29, 1.82) is 0 Å². The van der Waals surface area contributed by atoms with Crippen LogP contribution in [-0.2, 0) is 0 Å². The molecule has 1 atom stereocenters. The molecule has 4 nitrogen and oxygen atoms in total. The minimum absolute atomic E-state index is 0.0195. The molecule has 0 saturated carbocycles. The van der Waals surface area contributed by atoms with Crippen LogP contribution in [0.2, 0.25) is 0 Å². The van der Waals surface area contributed by atoms with Gasteiger partial charge in [0.2, 0.25) is 5.91 Å². The molecular formula is C15H20N2O2. The monoisotopic (exact) mass is 260 g/mol. The van der Waals surface area contributed by atoms with E-state index >= 15 is 0 Å². The molecule has 102 valence electrons. The summed E-state index contributed by atoms with van der Waals surface area (Å²) >= 11 is 0. The number of benzene rings is 1. The van der Waals surface area contributed by atoms with E-state index in [0.29, 0.717) is 11.1 Å². The number of rotatable bonds is 2. The van der Waals surface area contributed by atoms with Crippen molar-refractivity contribution in [3.05, 3.63) is 35.4 Å². The van der Waals surface area contributed by atoms with Gasteiger partial charge in [-0.3, -0.25) is 9.59 Å². The van der Waals surface area contributed by atoms with Crippen molar-refractivity contribution in [2.45, 2.75) is 45.2 Å². The molecule has 1 fully saturated rings. The highest BCUT2D eigenvalue weighted by Crippen LogP contribution is 2.34. The third-order valence-corrected chi connectivity index (χ3v) is 3.90. The molecule has 0 bridgehead atoms. The molecule has 0 aromatic heterocycles. The van der Waals surface area contributed by atoms with Gasteiger partial charge < -0.3 is 10.6 Å². The summed E-state index contributed by atoms with van der Waals surface area (Å²) in [6.45, 7) is 6.25. The number of amides is 2. The largest absolute Gasteiger partial charge is 0.366 e. The van der Waals surface area contributed by atoms with E-state index in [1.807, 2.05) is 4.90 Å². The Hall–Kier alpha value is -1.84. The highest BCUT2D eigenvalue weighted by Gasteiger charge is 2.40. The van der Waals surface area contributed by atoms with Crippen LogP contribution in [0.1, 0.15) is 54.3 Å². The van der Waals surface area contributed by atoms with Crippen LogP contribution in [0.3, 0.4) is 0 Å². The molecule has 1 unspecified atom stereocenters. The Kier molecular flexibility index (Phi) is 3.35. The zero-order chi connectivity index (χ0) is 14.2. The Bertz CT molecular complexity index is 505. The third-order valence-electron chi connectivity index (χ3n) is 3.90. The van der Waals surface area contributed by atoms with E-state index in [2.05, 4.69) is 20.8 Å². The number of nitrogens with two attached hydrogens (primary N) is 1. The zero-order valence-electron chi connectivity index (χ0n) is 11.6. The first-order valence-electron chi connectivity index (χ1n) is 6.56. The maximum absolute atomic E-state index is 12.6. The number of primary amides is 1. The van der Waals surface area contributed by atoms with Crippen LogP contribution >= 0.6 is 0 Å². The summed E-state index contributed by atoms with van der Waals surface area (Å²) in [6.07, 6.45) is 2.04. The van der Waals surface area contributed by atoms with E-state index in [9.17, 15) is 9.59 Å². The predicted octanol–water partition coefficient (Wildman–Crippen LogP) is 2.19. The minimum Gasteiger partial charge on any atom is -0.366 e. The average Bonchev–Trinajstić information content (AvgIpc) is 2.63. The lowest BCUT2D eigenvalue weighted by atomic mass is 10.0. The number of carbonyl (C=O) groups is 2. The fourth-order valence-corrected chi connectivity index (χ4v) is 2.80. The van der Waals surface area contributed by atoms with Gasteiger partial charge in [-0.25, -0.2) is 0 Å². The molecule has 1 aromatic carbocycles. The lowest BCUT2D eigenvalue weighted by molar-refractivity contribution is 0.0578. The van der Waals surface area contributed by atoms with Gasteiger partial charge >= 0.3 is 0 Å². The van der Waals surface area contributed by atoms with Crippen molar-refractivity contribution in [3.8, 4) is 0 Å². The normalized spacial score (nSPS) is 21.4. The molecule has 1 heterocycles. The number of likely N-dealkylation sites (tertiary alicyclic amines) is 1. The highest BCUT2D eigenvalue weighted by molar-refractivity contribution is 5.97. The van der Waals surface area contributed by atoms with Crippen LogP contribution in [-0.4, -0.2) is 28.3 Å². The van der Waals surface area contributed by atoms with Crippen LogP contribution in [0.15, 0.2) is 24.3 Å². The smallest absolute Gasteiger partial charge is 0.254 e. The first-order valence-corrected chi connectivity index (χ1v) is 6.56. The van der Waals surface area contributed by atoms with Gasteiger partial charge in [0.25, 0.3) is 5.91 Å². The van der Waals surface area contributed by atoms with Crippen molar-refractivity contribution >= 4 is 11.8 Å². The summed E-state index contributed by atoms with van der Waals surface area (Å²) in [5, 5.41) is 0. The van der Waals surface area contributed by atoms with Crippen molar-refractivity contribution < 1.29 is 9.59 Å². The van der Waals surface area contributed by atoms with Crippen molar-refractivity contribution in [2.75, 3.05) is 0 Å². The van der Waals surface area contributed by atoms with Crippen LogP contribution in [0, 0.1) is 0 Å². The molecule has 19 heavy (non-hydrogen) atoms. The van der Waals surface area contributed by atoms with Gasteiger partial charge in [-0.2, -0.15) is 0 Å². The Balaban J connectivity index is 2.26. The van der Waals surface area contributed by atoms with E-state index in [1.165, 1.54) is 0 Å². The quantitative estimate of drug-likeness (QED) is 0.886. The Morgan fingerprint density at radius 3 is 2.16 bits per heavy atom. The second-order valence-corrected chi connectivity index (χ2v) is 5.82. The standard InChI is InChI=1S/C15H20N2O2/c1-10-8-9-15(2,3)17(10)14(19)12-6-4-11(5-7-12)13(16)18/h4-7,10H,8-9H2,1-3H3,(H2,16,18). The molecular weight excluding hydrogens is 240 g/mol. The number of nitrogens with zero attached hydrogens (tertiary/aromatic N) is 1. The Morgan fingerprint density at radius 1 is 1.21 bits per heavy atom. The first-order chi connectivity index (χ1) is 8.83. The van der Waals surface area contributed by atoms with Gasteiger partial charge in [-0.15, -0.1) is 0 Å². The predicted molar refractivity (Wildman–Crippen MR) is 73.9 cm³/mol. The van der Waals surface area contributed by atoms with Gasteiger partial charge in [-0.1, -0.05) is 0 Å².